The summed E-state index contributed by atoms with van der Waals surface area (Å²) in [4.78, 5) is 35.6. The SMILES string of the molecule is Cl.N#Cc1cc(OC2CCN(C(=O)[C@H](NC(=O)c3ccc4cc[nH]c4c3)c3ccccc3)CC2)ccn1. The lowest BCUT2D eigenvalue weighted by Gasteiger charge is -2.34. The van der Waals surface area contributed by atoms with Gasteiger partial charge >= 0.3 is 0 Å². The highest BCUT2D eigenvalue weighted by Crippen LogP contribution is 2.23. The van der Waals surface area contributed by atoms with Gasteiger partial charge in [-0.05, 0) is 35.2 Å². The molecular formula is C28H26ClN5O3. The number of hydrogen-bond acceptors (Lipinski definition) is 5. The first kappa shape index (κ1) is 25.7. The van der Waals surface area contributed by atoms with Crippen LogP contribution in [0.15, 0.2) is 79.1 Å². The van der Waals surface area contributed by atoms with Gasteiger partial charge in [-0.1, -0.05) is 36.4 Å². The minimum Gasteiger partial charge on any atom is -0.490 e. The molecule has 9 heteroatoms. The molecular weight excluding hydrogens is 490 g/mol. The van der Waals surface area contributed by atoms with Gasteiger partial charge < -0.3 is 19.9 Å². The number of amides is 2. The number of pyridine rings is 1. The Bertz CT molecular complexity index is 1420. The van der Waals surface area contributed by atoms with Crippen LogP contribution >= 0.6 is 12.4 Å². The third kappa shape index (κ3) is 5.90. The van der Waals surface area contributed by atoms with Gasteiger partial charge in [-0.2, -0.15) is 5.26 Å². The van der Waals surface area contributed by atoms with E-state index in [4.69, 9.17) is 10.00 Å². The number of hydrogen-bond donors (Lipinski definition) is 2. The lowest BCUT2D eigenvalue weighted by molar-refractivity contribution is -0.135. The van der Waals surface area contributed by atoms with Gasteiger partial charge in [0.1, 0.15) is 29.7 Å². The van der Waals surface area contributed by atoms with Gasteiger partial charge in [0.2, 0.25) is 5.91 Å². The van der Waals surface area contributed by atoms with Crippen molar-refractivity contribution in [3.8, 4) is 11.8 Å². The van der Waals surface area contributed by atoms with Gasteiger partial charge in [0, 0.05) is 55.5 Å². The third-order valence-corrected chi connectivity index (χ3v) is 6.37. The minimum atomic E-state index is -0.797. The molecule has 0 spiro atoms. The first-order valence-corrected chi connectivity index (χ1v) is 11.9. The number of H-pyrrole nitrogens is 1. The number of rotatable bonds is 6. The van der Waals surface area contributed by atoms with Crippen LogP contribution in [0.4, 0.5) is 0 Å². The average Bonchev–Trinajstić information content (AvgIpc) is 3.40. The van der Waals surface area contributed by atoms with Crippen LogP contribution in [-0.4, -0.2) is 45.9 Å². The Labute approximate surface area is 220 Å². The number of carbonyl (C=O) groups excluding carboxylic acids is 2. The fourth-order valence-corrected chi connectivity index (χ4v) is 4.45. The Morgan fingerprint density at radius 2 is 1.86 bits per heavy atom. The summed E-state index contributed by atoms with van der Waals surface area (Å²) in [6.07, 6.45) is 4.60. The number of likely N-dealkylation sites (tertiary alicyclic amines) is 1. The molecule has 0 radical (unpaired) electrons. The van der Waals surface area contributed by atoms with Crippen LogP contribution in [0.3, 0.4) is 0 Å². The van der Waals surface area contributed by atoms with Crippen molar-refractivity contribution in [1.29, 1.82) is 5.26 Å². The van der Waals surface area contributed by atoms with Crippen LogP contribution < -0.4 is 10.1 Å². The molecule has 0 aliphatic carbocycles. The van der Waals surface area contributed by atoms with Gasteiger partial charge in [-0.25, -0.2) is 4.98 Å². The van der Waals surface area contributed by atoms with E-state index in [0.717, 1.165) is 16.5 Å². The summed E-state index contributed by atoms with van der Waals surface area (Å²) in [7, 11) is 0. The number of benzene rings is 2. The second-order valence-corrected chi connectivity index (χ2v) is 8.73. The van der Waals surface area contributed by atoms with Crippen LogP contribution in [0.5, 0.6) is 5.75 Å². The molecule has 5 rings (SSSR count). The van der Waals surface area contributed by atoms with Crippen molar-refractivity contribution >= 4 is 35.1 Å². The molecule has 1 aliphatic heterocycles. The Morgan fingerprint density at radius 3 is 2.62 bits per heavy atom. The lowest BCUT2D eigenvalue weighted by Crippen LogP contribution is -2.47. The molecule has 1 atom stereocenters. The largest absolute Gasteiger partial charge is 0.490 e. The summed E-state index contributed by atoms with van der Waals surface area (Å²) < 4.78 is 6.02. The standard InChI is InChI=1S/C28H25N5O3.ClH/c29-18-22-17-24(9-13-30-22)36-23-10-14-33(15-11-23)28(35)26(20-4-2-1-3-5-20)32-27(34)21-7-6-19-8-12-31-25(19)16-21;/h1-9,12-13,16-17,23,26,31H,10-11,14-15H2,(H,32,34);1H/t26-;/m1./s1. The number of halogens is 1. The van der Waals surface area contributed by atoms with Gasteiger partial charge in [-0.15, -0.1) is 12.4 Å². The molecule has 1 aliphatic rings. The fraction of sp³-hybridized carbons (Fsp3) is 0.214. The van der Waals surface area contributed by atoms with Gasteiger partial charge in [0.15, 0.2) is 0 Å². The van der Waals surface area contributed by atoms with E-state index in [1.54, 1.807) is 35.4 Å². The Hall–Kier alpha value is -4.35. The number of nitrogens with one attached hydrogen (secondary N) is 2. The summed E-state index contributed by atoms with van der Waals surface area (Å²) >= 11 is 0. The number of carbonyl (C=O) groups is 2. The van der Waals surface area contributed by atoms with E-state index >= 15 is 0 Å². The molecule has 8 nitrogen and oxygen atoms in total. The normalized spacial score (nSPS) is 14.3. The molecule has 0 unspecified atom stereocenters. The topological polar surface area (TPSA) is 111 Å². The highest BCUT2D eigenvalue weighted by Gasteiger charge is 2.31. The van der Waals surface area contributed by atoms with E-state index in [2.05, 4.69) is 15.3 Å². The van der Waals surface area contributed by atoms with Gasteiger partial charge in [-0.3, -0.25) is 9.59 Å². The van der Waals surface area contributed by atoms with Crippen molar-refractivity contribution in [2.75, 3.05) is 13.1 Å². The van der Waals surface area contributed by atoms with E-state index in [1.807, 2.05) is 54.7 Å². The summed E-state index contributed by atoms with van der Waals surface area (Å²) in [6.45, 7) is 1.01. The molecule has 188 valence electrons. The number of aromatic amines is 1. The van der Waals surface area contributed by atoms with Gasteiger partial charge in [0.25, 0.3) is 5.91 Å². The zero-order chi connectivity index (χ0) is 24.9. The van der Waals surface area contributed by atoms with Crippen LogP contribution in [0.1, 0.15) is 40.5 Å². The maximum Gasteiger partial charge on any atom is 0.252 e. The van der Waals surface area contributed by atoms with E-state index in [9.17, 15) is 9.59 Å². The highest BCUT2D eigenvalue weighted by molar-refractivity contribution is 6.00. The maximum atomic E-state index is 13.6. The van der Waals surface area contributed by atoms with E-state index < -0.39 is 6.04 Å². The van der Waals surface area contributed by atoms with Crippen LogP contribution in [-0.2, 0) is 4.79 Å². The smallest absolute Gasteiger partial charge is 0.252 e. The molecule has 0 saturated carbocycles. The number of piperidine rings is 1. The zero-order valence-electron chi connectivity index (χ0n) is 20.0. The Kier molecular flexibility index (Phi) is 8.06. The van der Waals surface area contributed by atoms with Crippen molar-refractivity contribution in [2.45, 2.75) is 25.0 Å². The predicted octanol–water partition coefficient (Wildman–Crippen LogP) is 4.40. The molecule has 3 heterocycles. The van der Waals surface area contributed by atoms with Gasteiger partial charge in [0.05, 0.1) is 0 Å². The molecule has 2 N–H and O–H groups in total. The Morgan fingerprint density at radius 1 is 1.08 bits per heavy atom. The third-order valence-electron chi connectivity index (χ3n) is 6.37. The van der Waals surface area contributed by atoms with Crippen LogP contribution in [0, 0.1) is 11.3 Å². The monoisotopic (exact) mass is 515 g/mol. The van der Waals surface area contributed by atoms with E-state index in [1.165, 1.54) is 0 Å². The molecule has 2 aromatic heterocycles. The maximum absolute atomic E-state index is 13.6. The fourth-order valence-electron chi connectivity index (χ4n) is 4.45. The summed E-state index contributed by atoms with van der Waals surface area (Å²) in [5, 5.41) is 13.0. The number of fused-ring (bicyclic) bond motifs is 1. The summed E-state index contributed by atoms with van der Waals surface area (Å²) in [5.74, 6) is 0.141. The summed E-state index contributed by atoms with van der Waals surface area (Å²) in [6, 6.07) is 21.2. The van der Waals surface area contributed by atoms with Crippen molar-refractivity contribution < 1.29 is 14.3 Å². The molecule has 0 bridgehead atoms. The average molecular weight is 516 g/mol. The van der Waals surface area contributed by atoms with Crippen molar-refractivity contribution in [3.63, 3.8) is 0 Å². The first-order chi connectivity index (χ1) is 17.6. The van der Waals surface area contributed by atoms with E-state index in [-0.39, 0.29) is 30.3 Å². The molecule has 2 aromatic carbocycles. The highest BCUT2D eigenvalue weighted by atomic mass is 35.5. The second kappa shape index (κ2) is 11.6. The van der Waals surface area contributed by atoms with Crippen LogP contribution in [0.25, 0.3) is 10.9 Å². The number of nitrogens with zero attached hydrogens (tertiary/aromatic N) is 3. The zero-order valence-corrected chi connectivity index (χ0v) is 20.8. The van der Waals surface area contributed by atoms with Crippen LogP contribution in [0.2, 0.25) is 0 Å². The number of aromatic nitrogens is 2. The lowest BCUT2D eigenvalue weighted by atomic mass is 10.0. The van der Waals surface area contributed by atoms with Crippen molar-refractivity contribution in [3.05, 3.63) is 95.9 Å². The summed E-state index contributed by atoms with van der Waals surface area (Å²) in [5.41, 5.74) is 2.39. The molecule has 1 fully saturated rings. The molecule has 4 aromatic rings. The van der Waals surface area contributed by atoms with Crippen molar-refractivity contribution in [2.24, 2.45) is 0 Å². The van der Waals surface area contributed by atoms with E-state index in [0.29, 0.717) is 42.9 Å². The molecule has 2 amide bonds. The minimum absolute atomic E-state index is 0. The second-order valence-electron chi connectivity index (χ2n) is 8.73. The number of ether oxygens (including phenoxy) is 1. The quantitative estimate of drug-likeness (QED) is 0.395. The predicted molar refractivity (Wildman–Crippen MR) is 141 cm³/mol. The molecule has 37 heavy (non-hydrogen) atoms. The Balaban J connectivity index is 0.00000320. The van der Waals surface area contributed by atoms with Crippen molar-refractivity contribution in [1.82, 2.24) is 20.2 Å². The first-order valence-electron chi connectivity index (χ1n) is 11.9. The molecule has 1 saturated heterocycles. The number of nitriles is 1.